The summed E-state index contributed by atoms with van der Waals surface area (Å²) < 4.78 is 9.90. The molecule has 0 radical (unpaired) electrons. The lowest BCUT2D eigenvalue weighted by molar-refractivity contribution is -0.222. The standard InChI is InChI=1S/C15H17BN2O7/c1-8(19)18-9-4-5-12(11(6-9)16(22)23)17-7-10-13(20)24-15(2,3)25-14(10)21/h4-7,17,22-23H,1-3H3,(H,18,19). The average Bonchev–Trinajstić information content (AvgIpc) is 2.45. The first-order chi connectivity index (χ1) is 11.6. The number of hydrogen-bond acceptors (Lipinski definition) is 8. The molecule has 2 rings (SSSR count). The monoisotopic (exact) mass is 348 g/mol. The van der Waals surface area contributed by atoms with Crippen molar-refractivity contribution in [2.24, 2.45) is 0 Å². The van der Waals surface area contributed by atoms with Crippen LogP contribution in [0.25, 0.3) is 0 Å². The highest BCUT2D eigenvalue weighted by Crippen LogP contribution is 2.22. The maximum atomic E-state index is 11.9. The van der Waals surface area contributed by atoms with Crippen molar-refractivity contribution in [3.8, 4) is 0 Å². The van der Waals surface area contributed by atoms with Crippen molar-refractivity contribution in [2.75, 3.05) is 10.6 Å². The number of carbonyl (C=O) groups excluding carboxylic acids is 3. The predicted octanol–water partition coefficient (Wildman–Crippen LogP) is -0.543. The number of esters is 2. The maximum Gasteiger partial charge on any atom is 0.490 e. The van der Waals surface area contributed by atoms with Gasteiger partial charge in [-0.2, -0.15) is 0 Å². The number of rotatable bonds is 4. The van der Waals surface area contributed by atoms with Gasteiger partial charge in [0.15, 0.2) is 5.57 Å². The van der Waals surface area contributed by atoms with Crippen LogP contribution in [0.15, 0.2) is 30.0 Å². The largest absolute Gasteiger partial charge is 0.490 e. The predicted molar refractivity (Wildman–Crippen MR) is 88.5 cm³/mol. The van der Waals surface area contributed by atoms with Crippen molar-refractivity contribution in [1.82, 2.24) is 0 Å². The molecule has 132 valence electrons. The first-order valence-electron chi connectivity index (χ1n) is 7.30. The van der Waals surface area contributed by atoms with E-state index in [9.17, 15) is 24.4 Å². The van der Waals surface area contributed by atoms with Crippen LogP contribution in [0.5, 0.6) is 0 Å². The second-order valence-corrected chi connectivity index (χ2v) is 5.74. The van der Waals surface area contributed by atoms with Crippen LogP contribution < -0.4 is 16.1 Å². The van der Waals surface area contributed by atoms with Gasteiger partial charge in [-0.05, 0) is 18.2 Å². The minimum Gasteiger partial charge on any atom is -0.423 e. The van der Waals surface area contributed by atoms with Crippen LogP contribution in [0.4, 0.5) is 11.4 Å². The number of carbonyl (C=O) groups is 3. The number of nitrogens with one attached hydrogen (secondary N) is 2. The SMILES string of the molecule is CC(=O)Nc1ccc(NC=C2C(=O)OC(C)(C)OC2=O)c(B(O)O)c1. The Bertz CT molecular complexity index is 736. The summed E-state index contributed by atoms with van der Waals surface area (Å²) in [6, 6.07) is 4.29. The van der Waals surface area contributed by atoms with Gasteiger partial charge in [-0.25, -0.2) is 9.59 Å². The molecule has 0 bridgehead atoms. The van der Waals surface area contributed by atoms with Gasteiger partial charge in [-0.3, -0.25) is 4.79 Å². The van der Waals surface area contributed by atoms with E-state index < -0.39 is 24.8 Å². The van der Waals surface area contributed by atoms with Gasteiger partial charge in [0.2, 0.25) is 5.91 Å². The van der Waals surface area contributed by atoms with Gasteiger partial charge in [-0.1, -0.05) is 0 Å². The first kappa shape index (κ1) is 18.5. The number of ether oxygens (including phenoxy) is 2. The molecule has 0 aromatic heterocycles. The molecule has 0 unspecified atom stereocenters. The molecule has 4 N–H and O–H groups in total. The van der Waals surface area contributed by atoms with E-state index >= 15 is 0 Å². The van der Waals surface area contributed by atoms with Crippen molar-refractivity contribution in [3.05, 3.63) is 30.0 Å². The summed E-state index contributed by atoms with van der Waals surface area (Å²) in [6.07, 6.45) is 1.05. The Morgan fingerprint density at radius 3 is 2.32 bits per heavy atom. The number of amides is 1. The average molecular weight is 348 g/mol. The van der Waals surface area contributed by atoms with E-state index in [1.807, 2.05) is 0 Å². The van der Waals surface area contributed by atoms with E-state index in [4.69, 9.17) is 9.47 Å². The molecule has 1 saturated heterocycles. The van der Waals surface area contributed by atoms with Crippen molar-refractivity contribution in [2.45, 2.75) is 26.6 Å². The lowest BCUT2D eigenvalue weighted by Crippen LogP contribution is -2.42. The number of anilines is 2. The summed E-state index contributed by atoms with van der Waals surface area (Å²) in [7, 11) is -1.85. The smallest absolute Gasteiger partial charge is 0.423 e. The Hall–Kier alpha value is -2.85. The summed E-state index contributed by atoms with van der Waals surface area (Å²) in [5, 5.41) is 24.1. The zero-order valence-electron chi connectivity index (χ0n) is 13.8. The van der Waals surface area contributed by atoms with E-state index in [1.165, 1.54) is 39.0 Å². The normalized spacial score (nSPS) is 15.8. The topological polar surface area (TPSA) is 134 Å². The van der Waals surface area contributed by atoms with Crippen molar-refractivity contribution < 1.29 is 33.9 Å². The molecule has 1 aromatic carbocycles. The lowest BCUT2D eigenvalue weighted by Gasteiger charge is -2.29. The van der Waals surface area contributed by atoms with Gasteiger partial charge >= 0.3 is 19.1 Å². The van der Waals surface area contributed by atoms with Crippen LogP contribution >= 0.6 is 0 Å². The molecule has 1 amide bonds. The van der Waals surface area contributed by atoms with Gasteiger partial charge in [0.1, 0.15) is 0 Å². The number of benzene rings is 1. The van der Waals surface area contributed by atoms with Crippen molar-refractivity contribution >= 4 is 41.8 Å². The van der Waals surface area contributed by atoms with Gasteiger partial charge in [-0.15, -0.1) is 0 Å². The third kappa shape index (κ3) is 4.58. The molecule has 0 atom stereocenters. The second-order valence-electron chi connectivity index (χ2n) is 5.74. The third-order valence-corrected chi connectivity index (χ3v) is 3.14. The first-order valence-corrected chi connectivity index (χ1v) is 7.30. The van der Waals surface area contributed by atoms with E-state index in [0.29, 0.717) is 5.69 Å². The van der Waals surface area contributed by atoms with Crippen LogP contribution in [0.1, 0.15) is 20.8 Å². The van der Waals surface area contributed by atoms with Gasteiger partial charge in [0.25, 0.3) is 5.79 Å². The summed E-state index contributed by atoms with van der Waals surface area (Å²) in [5.74, 6) is -3.40. The quantitative estimate of drug-likeness (QED) is 0.247. The Morgan fingerprint density at radius 1 is 1.20 bits per heavy atom. The Labute approximate surface area is 143 Å². The van der Waals surface area contributed by atoms with Crippen molar-refractivity contribution in [1.29, 1.82) is 0 Å². The van der Waals surface area contributed by atoms with Crippen LogP contribution in [0.3, 0.4) is 0 Å². The molecule has 0 saturated carbocycles. The summed E-state index contributed by atoms with van der Waals surface area (Å²) >= 11 is 0. The highest BCUT2D eigenvalue weighted by atomic mass is 16.7. The molecule has 1 aliphatic heterocycles. The molecule has 0 spiro atoms. The van der Waals surface area contributed by atoms with Crippen molar-refractivity contribution in [3.63, 3.8) is 0 Å². The molecule has 0 aliphatic carbocycles. The molecule has 1 heterocycles. The molecule has 9 nitrogen and oxygen atoms in total. The Balaban J connectivity index is 2.26. The summed E-state index contributed by atoms with van der Waals surface area (Å²) in [6.45, 7) is 4.16. The molecule has 1 aromatic rings. The summed E-state index contributed by atoms with van der Waals surface area (Å²) in [5.41, 5.74) is 0.221. The molecular weight excluding hydrogens is 331 g/mol. The minimum absolute atomic E-state index is 0.0287. The number of cyclic esters (lactones) is 2. The van der Waals surface area contributed by atoms with E-state index in [0.717, 1.165) is 6.20 Å². The van der Waals surface area contributed by atoms with Gasteiger partial charge in [0.05, 0.1) is 0 Å². The zero-order chi connectivity index (χ0) is 18.8. The van der Waals surface area contributed by atoms with Crippen LogP contribution in [0, 0.1) is 0 Å². The minimum atomic E-state index is -1.85. The lowest BCUT2D eigenvalue weighted by atomic mass is 9.78. The number of hydrogen-bond donors (Lipinski definition) is 4. The molecule has 1 fully saturated rings. The zero-order valence-corrected chi connectivity index (χ0v) is 13.8. The van der Waals surface area contributed by atoms with Crippen LogP contribution in [-0.2, 0) is 23.9 Å². The third-order valence-electron chi connectivity index (χ3n) is 3.14. The molecule has 25 heavy (non-hydrogen) atoms. The van der Waals surface area contributed by atoms with E-state index in [1.54, 1.807) is 0 Å². The molecule has 10 heteroatoms. The summed E-state index contributed by atoms with van der Waals surface area (Å²) in [4.78, 5) is 34.8. The molecular formula is C15H17BN2O7. The van der Waals surface area contributed by atoms with Crippen LogP contribution in [0.2, 0.25) is 0 Å². The van der Waals surface area contributed by atoms with E-state index in [-0.39, 0.29) is 22.6 Å². The Kier molecular flexibility index (Phi) is 5.14. The highest BCUT2D eigenvalue weighted by Gasteiger charge is 2.39. The van der Waals surface area contributed by atoms with Gasteiger partial charge < -0.3 is 30.2 Å². The fourth-order valence-electron chi connectivity index (χ4n) is 2.12. The maximum absolute atomic E-state index is 11.9. The van der Waals surface area contributed by atoms with Crippen LogP contribution in [-0.4, -0.2) is 40.8 Å². The fraction of sp³-hybridized carbons (Fsp3) is 0.267. The molecule has 1 aliphatic rings. The fourth-order valence-corrected chi connectivity index (χ4v) is 2.12. The second kappa shape index (κ2) is 6.95. The van der Waals surface area contributed by atoms with E-state index in [2.05, 4.69) is 10.6 Å². The van der Waals surface area contributed by atoms with Gasteiger partial charge in [0, 0.05) is 43.8 Å². The Morgan fingerprint density at radius 2 is 1.80 bits per heavy atom. The highest BCUT2D eigenvalue weighted by molar-refractivity contribution is 6.60.